The van der Waals surface area contributed by atoms with Gasteiger partial charge in [-0.3, -0.25) is 0 Å². The molecule has 108 valence electrons. The molecule has 0 aliphatic carbocycles. The molecule has 0 amide bonds. The fourth-order valence-corrected chi connectivity index (χ4v) is 3.05. The summed E-state index contributed by atoms with van der Waals surface area (Å²) in [6, 6.07) is 14.0. The van der Waals surface area contributed by atoms with Crippen molar-refractivity contribution >= 4 is 33.6 Å². The molecule has 0 bridgehead atoms. The third kappa shape index (κ3) is 2.45. The maximum absolute atomic E-state index is 8.26. The summed E-state index contributed by atoms with van der Waals surface area (Å²) >= 11 is 0.950. The zero-order chi connectivity index (χ0) is 14.8. The van der Waals surface area contributed by atoms with Crippen LogP contribution in [0.15, 0.2) is 47.4 Å². The van der Waals surface area contributed by atoms with Crippen LogP contribution in [0.4, 0.5) is 0 Å². The highest BCUT2D eigenvalue weighted by molar-refractivity contribution is 7.94. The Morgan fingerprint density at radius 3 is 2.38 bits per heavy atom. The van der Waals surface area contributed by atoms with Crippen molar-refractivity contribution in [2.45, 2.75) is 11.8 Å². The molecule has 3 rings (SSSR count). The van der Waals surface area contributed by atoms with Gasteiger partial charge in [-0.05, 0) is 41.5 Å². The molecule has 0 saturated heterocycles. The van der Waals surface area contributed by atoms with Crippen LogP contribution >= 0.6 is 12.0 Å². The van der Waals surface area contributed by atoms with Crippen LogP contribution in [0.5, 0.6) is 5.75 Å². The van der Waals surface area contributed by atoms with Crippen molar-refractivity contribution in [2.75, 3.05) is 7.11 Å². The minimum Gasteiger partial charge on any atom is -0.495 e. The number of ether oxygens (including phenoxy) is 1. The molecule has 4 nitrogen and oxygen atoms in total. The number of aryl methyl sites for hydroxylation is 1. The van der Waals surface area contributed by atoms with Gasteiger partial charge in [-0.1, -0.05) is 29.3 Å². The number of benzene rings is 3. The Morgan fingerprint density at radius 2 is 1.67 bits per heavy atom. The normalized spacial score (nSPS) is 11.2. The molecular formula is C16H14O4S. The minimum absolute atomic E-state index is 0.831. The molecule has 0 aromatic heterocycles. The molecule has 0 aliphatic rings. The van der Waals surface area contributed by atoms with Crippen molar-refractivity contribution in [1.82, 2.24) is 0 Å². The minimum atomic E-state index is 0.831. The number of rotatable bonds is 4. The summed E-state index contributed by atoms with van der Waals surface area (Å²) in [5, 5.41) is 16.3. The Kier molecular flexibility index (Phi) is 3.98. The van der Waals surface area contributed by atoms with Crippen LogP contribution in [0.1, 0.15) is 5.56 Å². The lowest BCUT2D eigenvalue weighted by Gasteiger charge is -2.14. The Hall–Kier alpha value is -1.79. The van der Waals surface area contributed by atoms with Crippen LogP contribution in [0.2, 0.25) is 0 Å². The van der Waals surface area contributed by atoms with Gasteiger partial charge in [0.1, 0.15) is 5.75 Å². The molecule has 0 unspecified atom stereocenters. The molecule has 5 heteroatoms. The van der Waals surface area contributed by atoms with Gasteiger partial charge < -0.3 is 4.74 Å². The first kappa shape index (κ1) is 14.2. The van der Waals surface area contributed by atoms with Crippen molar-refractivity contribution < 1.29 is 19.4 Å². The molecular weight excluding hydrogens is 288 g/mol. The topological polar surface area (TPSA) is 47.9 Å². The van der Waals surface area contributed by atoms with Crippen LogP contribution < -0.4 is 4.74 Å². The first-order chi connectivity index (χ1) is 10.3. The molecule has 0 radical (unpaired) electrons. The monoisotopic (exact) mass is 302 g/mol. The molecule has 0 fully saturated rings. The summed E-state index contributed by atoms with van der Waals surface area (Å²) in [5.41, 5.74) is 1.17. The maximum atomic E-state index is 8.26. The van der Waals surface area contributed by atoms with Gasteiger partial charge in [-0.25, -0.2) is 5.26 Å². The van der Waals surface area contributed by atoms with Crippen molar-refractivity contribution in [3.05, 3.63) is 48.0 Å². The third-order valence-corrected chi connectivity index (χ3v) is 4.16. The average Bonchev–Trinajstić information content (AvgIpc) is 2.54. The molecule has 0 atom stereocenters. The van der Waals surface area contributed by atoms with Crippen LogP contribution in [0.25, 0.3) is 21.5 Å². The number of fused-ring (bicyclic) bond motifs is 2. The lowest BCUT2D eigenvalue weighted by Crippen LogP contribution is -1.91. The van der Waals surface area contributed by atoms with E-state index in [2.05, 4.69) is 28.4 Å². The van der Waals surface area contributed by atoms with E-state index >= 15 is 0 Å². The van der Waals surface area contributed by atoms with E-state index in [0.717, 1.165) is 44.2 Å². The van der Waals surface area contributed by atoms with Crippen molar-refractivity contribution in [3.63, 3.8) is 0 Å². The molecule has 21 heavy (non-hydrogen) atoms. The second-order valence-corrected chi connectivity index (χ2v) is 5.41. The van der Waals surface area contributed by atoms with Crippen LogP contribution in [-0.2, 0) is 9.37 Å². The molecule has 3 aromatic rings. The standard InChI is InChI=1S/C16H14O4S/c1-10-12-5-3-4-6-13(12)16(18-2)14-8-7-11(9-15(10)14)21-20-19-17/h3-9,17H,1-2H3. The van der Waals surface area contributed by atoms with Gasteiger partial charge in [0.2, 0.25) is 0 Å². The number of methoxy groups -OCH3 is 1. The summed E-state index contributed by atoms with van der Waals surface area (Å²) in [4.78, 5) is 0.831. The van der Waals surface area contributed by atoms with Gasteiger partial charge in [-0.15, -0.1) is 4.33 Å². The lowest BCUT2D eigenvalue weighted by molar-refractivity contribution is -0.432. The van der Waals surface area contributed by atoms with E-state index in [1.165, 1.54) is 5.56 Å². The highest BCUT2D eigenvalue weighted by atomic mass is 32.2. The molecule has 0 spiro atoms. The molecule has 3 aromatic carbocycles. The van der Waals surface area contributed by atoms with E-state index in [9.17, 15) is 0 Å². The van der Waals surface area contributed by atoms with E-state index in [4.69, 9.17) is 9.99 Å². The second-order valence-electron chi connectivity index (χ2n) is 4.64. The molecule has 0 aliphatic heterocycles. The van der Waals surface area contributed by atoms with Gasteiger partial charge in [-0.2, -0.15) is 0 Å². The van der Waals surface area contributed by atoms with Gasteiger partial charge in [0.05, 0.1) is 19.2 Å². The Labute approximate surface area is 126 Å². The van der Waals surface area contributed by atoms with Crippen LogP contribution in [0.3, 0.4) is 0 Å². The zero-order valence-electron chi connectivity index (χ0n) is 11.6. The van der Waals surface area contributed by atoms with Crippen molar-refractivity contribution in [3.8, 4) is 5.75 Å². The smallest absolute Gasteiger partial charge is 0.134 e. The first-order valence-corrected chi connectivity index (χ1v) is 7.14. The quantitative estimate of drug-likeness (QED) is 0.326. The van der Waals surface area contributed by atoms with Gasteiger partial charge in [0.15, 0.2) is 0 Å². The van der Waals surface area contributed by atoms with Crippen molar-refractivity contribution in [1.29, 1.82) is 0 Å². The van der Waals surface area contributed by atoms with Crippen LogP contribution in [-0.4, -0.2) is 12.4 Å². The van der Waals surface area contributed by atoms with Crippen molar-refractivity contribution in [2.24, 2.45) is 0 Å². The van der Waals surface area contributed by atoms with E-state index < -0.39 is 0 Å². The SMILES string of the molecule is COc1c2ccccc2c(C)c2cc(SOOO)ccc12. The molecule has 1 N–H and O–H groups in total. The van der Waals surface area contributed by atoms with Crippen LogP contribution in [0, 0.1) is 6.92 Å². The van der Waals surface area contributed by atoms with E-state index in [0.29, 0.717) is 0 Å². The highest BCUT2D eigenvalue weighted by Crippen LogP contribution is 2.39. The maximum Gasteiger partial charge on any atom is 0.134 e. The van der Waals surface area contributed by atoms with E-state index in [1.54, 1.807) is 7.11 Å². The fraction of sp³-hybridized carbons (Fsp3) is 0.125. The van der Waals surface area contributed by atoms with E-state index in [-0.39, 0.29) is 0 Å². The molecule has 0 heterocycles. The Bertz CT molecular complexity index is 801. The van der Waals surface area contributed by atoms with Gasteiger partial charge in [0.25, 0.3) is 0 Å². The summed E-state index contributed by atoms with van der Waals surface area (Å²) in [6.45, 7) is 2.09. The predicted octanol–water partition coefficient (Wildman–Crippen LogP) is 4.74. The summed E-state index contributed by atoms with van der Waals surface area (Å²) < 4.78 is 10.1. The largest absolute Gasteiger partial charge is 0.495 e. The van der Waals surface area contributed by atoms with Gasteiger partial charge in [0, 0.05) is 15.7 Å². The Balaban J connectivity index is 2.31. The van der Waals surface area contributed by atoms with Gasteiger partial charge >= 0.3 is 0 Å². The number of hydrogen-bond donors (Lipinski definition) is 1. The summed E-state index contributed by atoms with van der Waals surface area (Å²) in [7, 11) is 1.68. The van der Waals surface area contributed by atoms with E-state index in [1.807, 2.05) is 30.3 Å². The summed E-state index contributed by atoms with van der Waals surface area (Å²) in [5.74, 6) is 0.863. The fourth-order valence-electron chi connectivity index (χ4n) is 2.66. The average molecular weight is 302 g/mol. The highest BCUT2D eigenvalue weighted by Gasteiger charge is 2.12. The summed E-state index contributed by atoms with van der Waals surface area (Å²) in [6.07, 6.45) is 0. The molecule has 0 saturated carbocycles. The predicted molar refractivity (Wildman–Crippen MR) is 83.4 cm³/mol. The first-order valence-electron chi connectivity index (χ1n) is 6.40. The Morgan fingerprint density at radius 1 is 0.952 bits per heavy atom. The second kappa shape index (κ2) is 5.91. The number of hydrogen-bond acceptors (Lipinski definition) is 5. The lowest BCUT2D eigenvalue weighted by atomic mass is 9.96. The zero-order valence-corrected chi connectivity index (χ0v) is 12.4. The third-order valence-electron chi connectivity index (χ3n) is 3.58.